The second-order valence-electron chi connectivity index (χ2n) is 7.83. The monoisotopic (exact) mass is 412 g/mol. The van der Waals surface area contributed by atoms with Crippen molar-refractivity contribution >= 4 is 28.1 Å². The molecule has 0 radical (unpaired) electrons. The zero-order chi connectivity index (χ0) is 21.0. The Balaban J connectivity index is 1.51. The highest BCUT2D eigenvalue weighted by molar-refractivity contribution is 5.97. The van der Waals surface area contributed by atoms with Crippen LogP contribution in [0.5, 0.6) is 0 Å². The van der Waals surface area contributed by atoms with Gasteiger partial charge in [0, 0.05) is 61.4 Å². The fourth-order valence-electron chi connectivity index (χ4n) is 4.52. The Bertz CT molecular complexity index is 1140. The summed E-state index contributed by atoms with van der Waals surface area (Å²) in [6.07, 6.45) is 9.34. The lowest BCUT2D eigenvalue weighted by Gasteiger charge is -2.40. The van der Waals surface area contributed by atoms with Gasteiger partial charge < -0.3 is 4.90 Å². The molecule has 1 atom stereocenters. The molecule has 4 heterocycles. The van der Waals surface area contributed by atoms with E-state index in [0.717, 1.165) is 61.5 Å². The molecule has 0 spiro atoms. The number of nitrogens with zero attached hydrogens (tertiary/aromatic N) is 6. The zero-order valence-electron chi connectivity index (χ0n) is 17.3. The molecule has 0 bridgehead atoms. The summed E-state index contributed by atoms with van der Waals surface area (Å²) < 4.78 is 0. The first-order valence-electron chi connectivity index (χ1n) is 10.7. The van der Waals surface area contributed by atoms with E-state index in [1.807, 2.05) is 54.9 Å². The molecule has 1 saturated heterocycles. The normalized spacial score (nSPS) is 18.1. The molecule has 2 aliphatic heterocycles. The molecular weight excluding hydrogens is 388 g/mol. The number of allylic oxidation sites excluding steroid dienone is 1. The van der Waals surface area contributed by atoms with Crippen LogP contribution in [0.2, 0.25) is 0 Å². The Morgan fingerprint density at radius 2 is 1.81 bits per heavy atom. The number of pyridine rings is 2. The molecule has 2 aromatic heterocycles. The first-order valence-corrected chi connectivity index (χ1v) is 10.7. The van der Waals surface area contributed by atoms with Crippen molar-refractivity contribution in [3.63, 3.8) is 0 Å². The number of aromatic nitrogens is 2. The second kappa shape index (κ2) is 8.73. The van der Waals surface area contributed by atoms with Gasteiger partial charge in [-0.1, -0.05) is 30.3 Å². The molecule has 0 amide bonds. The van der Waals surface area contributed by atoms with E-state index in [1.54, 1.807) is 6.20 Å². The quantitative estimate of drug-likeness (QED) is 0.571. The maximum atomic E-state index is 12.0. The number of hydrogen-bond donors (Lipinski definition) is 0. The standard InChI is InChI=1S/C24H24N6O/c31-28-23-19(10-9-18-6-5-13-27-22(18)23)24(20-7-1-3-11-25-20)30-16-14-29(15-17-30)21-8-2-4-12-26-21/h2-6,8-13,24H,1,7,14-17H2. The van der Waals surface area contributed by atoms with Gasteiger partial charge in [0.2, 0.25) is 0 Å². The van der Waals surface area contributed by atoms with E-state index in [9.17, 15) is 4.91 Å². The van der Waals surface area contributed by atoms with Crippen LogP contribution in [0, 0.1) is 4.91 Å². The fraction of sp³-hybridized carbons (Fsp3) is 0.292. The molecule has 0 aliphatic carbocycles. The summed E-state index contributed by atoms with van der Waals surface area (Å²) in [6, 6.07) is 13.8. The van der Waals surface area contributed by atoms with Crippen molar-refractivity contribution in [1.29, 1.82) is 0 Å². The highest BCUT2D eigenvalue weighted by atomic mass is 16.3. The van der Waals surface area contributed by atoms with Crippen molar-refractivity contribution in [2.45, 2.75) is 18.9 Å². The van der Waals surface area contributed by atoms with Gasteiger partial charge in [-0.3, -0.25) is 14.9 Å². The number of hydrogen-bond acceptors (Lipinski definition) is 7. The smallest absolute Gasteiger partial charge is 0.139 e. The van der Waals surface area contributed by atoms with Crippen LogP contribution in [0.1, 0.15) is 24.4 Å². The van der Waals surface area contributed by atoms with Gasteiger partial charge in [0.05, 0.1) is 11.6 Å². The van der Waals surface area contributed by atoms with Crippen molar-refractivity contribution < 1.29 is 0 Å². The molecule has 5 rings (SSSR count). The Hall–Kier alpha value is -3.45. The van der Waals surface area contributed by atoms with Crippen LogP contribution in [0.15, 0.2) is 77.3 Å². The van der Waals surface area contributed by atoms with Gasteiger partial charge in [0.15, 0.2) is 0 Å². The van der Waals surface area contributed by atoms with Crippen molar-refractivity contribution in [1.82, 2.24) is 14.9 Å². The van der Waals surface area contributed by atoms with Gasteiger partial charge in [-0.25, -0.2) is 4.98 Å². The molecule has 1 aromatic carbocycles. The van der Waals surface area contributed by atoms with E-state index in [0.29, 0.717) is 11.2 Å². The SMILES string of the molecule is O=Nc1c(C(C2=NC=CCC2)N2CCN(c3ccccn3)CC2)ccc2cccnc12. The van der Waals surface area contributed by atoms with Gasteiger partial charge in [0.25, 0.3) is 0 Å². The third kappa shape index (κ3) is 3.84. The Morgan fingerprint density at radius 1 is 0.935 bits per heavy atom. The highest BCUT2D eigenvalue weighted by Crippen LogP contribution is 2.37. The molecule has 2 aliphatic rings. The van der Waals surface area contributed by atoms with Crippen LogP contribution >= 0.6 is 0 Å². The number of anilines is 1. The van der Waals surface area contributed by atoms with Gasteiger partial charge in [-0.05, 0) is 36.2 Å². The van der Waals surface area contributed by atoms with Gasteiger partial charge in [-0.15, -0.1) is 4.91 Å². The maximum Gasteiger partial charge on any atom is 0.139 e. The van der Waals surface area contributed by atoms with Gasteiger partial charge in [-0.2, -0.15) is 0 Å². The minimum absolute atomic E-state index is 0.0880. The predicted octanol–water partition coefficient (Wildman–Crippen LogP) is 4.64. The molecular formula is C24H24N6O. The van der Waals surface area contributed by atoms with Crippen LogP contribution in [0.4, 0.5) is 11.5 Å². The molecule has 1 unspecified atom stereocenters. The maximum absolute atomic E-state index is 12.0. The van der Waals surface area contributed by atoms with Crippen molar-refractivity contribution in [2.24, 2.45) is 10.2 Å². The number of rotatable bonds is 5. The van der Waals surface area contributed by atoms with Crippen LogP contribution < -0.4 is 4.90 Å². The zero-order valence-corrected chi connectivity index (χ0v) is 17.3. The van der Waals surface area contributed by atoms with Crippen molar-refractivity contribution in [3.8, 4) is 0 Å². The Morgan fingerprint density at radius 3 is 2.55 bits per heavy atom. The molecule has 0 N–H and O–H groups in total. The van der Waals surface area contributed by atoms with Crippen LogP contribution in [0.25, 0.3) is 10.9 Å². The molecule has 31 heavy (non-hydrogen) atoms. The first kappa shape index (κ1) is 19.5. The fourth-order valence-corrected chi connectivity index (χ4v) is 4.52. The van der Waals surface area contributed by atoms with E-state index < -0.39 is 0 Å². The molecule has 156 valence electrons. The average molecular weight is 412 g/mol. The third-order valence-electron chi connectivity index (χ3n) is 6.05. The minimum atomic E-state index is -0.0880. The number of nitroso groups, excluding NO2 is 1. The molecule has 3 aromatic rings. The summed E-state index contributed by atoms with van der Waals surface area (Å²) in [4.78, 5) is 30.3. The lowest BCUT2D eigenvalue weighted by Crippen LogP contribution is -2.49. The van der Waals surface area contributed by atoms with E-state index in [-0.39, 0.29) is 6.04 Å². The number of fused-ring (bicyclic) bond motifs is 1. The highest BCUT2D eigenvalue weighted by Gasteiger charge is 2.32. The summed E-state index contributed by atoms with van der Waals surface area (Å²) in [5.74, 6) is 1.00. The summed E-state index contributed by atoms with van der Waals surface area (Å²) in [5, 5.41) is 4.36. The van der Waals surface area contributed by atoms with E-state index in [4.69, 9.17) is 4.99 Å². The lowest BCUT2D eigenvalue weighted by atomic mass is 9.93. The second-order valence-corrected chi connectivity index (χ2v) is 7.83. The number of aliphatic imine (C=N–C) groups is 1. The number of piperazine rings is 1. The summed E-state index contributed by atoms with van der Waals surface area (Å²) in [6.45, 7) is 3.43. The van der Waals surface area contributed by atoms with Crippen LogP contribution in [-0.2, 0) is 0 Å². The summed E-state index contributed by atoms with van der Waals surface area (Å²) >= 11 is 0. The van der Waals surface area contributed by atoms with E-state index in [1.165, 1.54) is 0 Å². The lowest BCUT2D eigenvalue weighted by molar-refractivity contribution is 0.227. The molecule has 7 nitrogen and oxygen atoms in total. The predicted molar refractivity (Wildman–Crippen MR) is 124 cm³/mol. The third-order valence-corrected chi connectivity index (χ3v) is 6.05. The van der Waals surface area contributed by atoms with Crippen LogP contribution in [-0.4, -0.2) is 46.8 Å². The van der Waals surface area contributed by atoms with Crippen LogP contribution in [0.3, 0.4) is 0 Å². The Kier molecular flexibility index (Phi) is 5.50. The van der Waals surface area contributed by atoms with Gasteiger partial charge in [0.1, 0.15) is 11.5 Å². The average Bonchev–Trinajstić information content (AvgIpc) is 2.85. The van der Waals surface area contributed by atoms with E-state index >= 15 is 0 Å². The summed E-state index contributed by atoms with van der Waals surface area (Å²) in [5.41, 5.74) is 3.04. The molecule has 0 saturated carbocycles. The van der Waals surface area contributed by atoms with E-state index in [2.05, 4.69) is 31.0 Å². The first-order chi connectivity index (χ1) is 15.3. The molecule has 7 heteroatoms. The van der Waals surface area contributed by atoms with Crippen molar-refractivity contribution in [2.75, 3.05) is 31.1 Å². The topological polar surface area (TPSA) is 74.1 Å². The Labute approximate surface area is 181 Å². The van der Waals surface area contributed by atoms with Crippen molar-refractivity contribution in [3.05, 3.63) is 77.6 Å². The largest absolute Gasteiger partial charge is 0.354 e. The molecule has 1 fully saturated rings. The number of benzene rings is 1. The van der Waals surface area contributed by atoms with Gasteiger partial charge >= 0.3 is 0 Å². The minimum Gasteiger partial charge on any atom is -0.354 e. The summed E-state index contributed by atoms with van der Waals surface area (Å²) in [7, 11) is 0.